The number of anilines is 1. The quantitative estimate of drug-likeness (QED) is 0.547. The molecule has 0 saturated carbocycles. The number of nitrogens with zero attached hydrogens (tertiary/aromatic N) is 2. The van der Waals surface area contributed by atoms with E-state index < -0.39 is 38.6 Å². The van der Waals surface area contributed by atoms with E-state index in [1.165, 1.54) is 11.0 Å². The molecule has 3 amide bonds. The zero-order valence-corrected chi connectivity index (χ0v) is 18.5. The van der Waals surface area contributed by atoms with Crippen molar-refractivity contribution < 1.29 is 31.4 Å². The first-order valence-electron chi connectivity index (χ1n) is 10.0. The summed E-state index contributed by atoms with van der Waals surface area (Å²) in [5.74, 6) is -1.65. The molecule has 1 aromatic rings. The highest BCUT2D eigenvalue weighted by Gasteiger charge is 2.32. The number of imide groups is 1. The van der Waals surface area contributed by atoms with Crippen molar-refractivity contribution in [3.05, 3.63) is 23.8 Å². The summed E-state index contributed by atoms with van der Waals surface area (Å²) >= 11 is 0. The molecule has 2 fully saturated rings. The van der Waals surface area contributed by atoms with Gasteiger partial charge in [0.25, 0.3) is 0 Å². The molecule has 0 aromatic heterocycles. The van der Waals surface area contributed by atoms with Crippen molar-refractivity contribution in [3.63, 3.8) is 0 Å². The molecule has 0 aliphatic carbocycles. The van der Waals surface area contributed by atoms with Crippen molar-refractivity contribution in [1.29, 1.82) is 0 Å². The zero-order valence-electron chi connectivity index (χ0n) is 17.7. The normalized spacial score (nSPS) is 20.5. The molecule has 1 N–H and O–H groups in total. The first kappa shape index (κ1) is 23.0. The van der Waals surface area contributed by atoms with Crippen LogP contribution in [-0.2, 0) is 24.5 Å². The topological polar surface area (TPSA) is 113 Å². The summed E-state index contributed by atoms with van der Waals surface area (Å²) in [5, 5.41) is 2.21. The molecule has 2 saturated heterocycles. The van der Waals surface area contributed by atoms with Crippen molar-refractivity contribution in [3.8, 4) is 0 Å². The van der Waals surface area contributed by atoms with Gasteiger partial charge in [-0.3, -0.25) is 14.9 Å². The number of benzene rings is 1. The third kappa shape index (κ3) is 5.52. The Morgan fingerprint density at radius 1 is 1.16 bits per heavy atom. The highest BCUT2D eigenvalue weighted by Crippen LogP contribution is 2.33. The van der Waals surface area contributed by atoms with E-state index in [1.807, 2.05) is 0 Å². The van der Waals surface area contributed by atoms with Gasteiger partial charge in [0, 0.05) is 32.6 Å². The fourth-order valence-corrected chi connectivity index (χ4v) is 4.40. The molecule has 2 aliphatic heterocycles. The minimum atomic E-state index is -5.07. The Balaban J connectivity index is 1.80. The molecular weight excluding hydrogens is 429 g/mol. The Bertz CT molecular complexity index is 997. The Morgan fingerprint density at radius 2 is 1.81 bits per heavy atom. The summed E-state index contributed by atoms with van der Waals surface area (Å²) in [4.78, 5) is 38.4. The van der Waals surface area contributed by atoms with Gasteiger partial charge in [0.15, 0.2) is 0 Å². The fraction of sp³-hybridized carbons (Fsp3) is 0.550. The van der Waals surface area contributed by atoms with Gasteiger partial charge in [-0.25, -0.2) is 4.79 Å². The van der Waals surface area contributed by atoms with Gasteiger partial charge in [-0.1, -0.05) is 6.07 Å². The smallest absolute Gasteiger partial charge is 0.410 e. The van der Waals surface area contributed by atoms with Crippen LogP contribution in [0.1, 0.15) is 45.1 Å². The van der Waals surface area contributed by atoms with E-state index in [-0.39, 0.29) is 37.5 Å². The molecule has 11 heteroatoms. The Kier molecular flexibility index (Phi) is 6.26. The van der Waals surface area contributed by atoms with Crippen LogP contribution in [0.2, 0.25) is 0 Å². The number of amides is 3. The predicted molar refractivity (Wildman–Crippen MR) is 110 cm³/mol. The lowest BCUT2D eigenvalue weighted by atomic mass is 9.90. The molecule has 2 heterocycles. The van der Waals surface area contributed by atoms with Crippen LogP contribution in [0.15, 0.2) is 23.1 Å². The zero-order chi connectivity index (χ0) is 23.0. The molecule has 1 unspecified atom stereocenters. The summed E-state index contributed by atoms with van der Waals surface area (Å²) in [5.41, 5.74) is -0.130. The number of hydrogen-bond donors (Lipinski definition) is 1. The van der Waals surface area contributed by atoms with Gasteiger partial charge in [-0.2, -0.15) is 8.42 Å². The minimum absolute atomic E-state index is 0.127. The summed E-state index contributed by atoms with van der Waals surface area (Å²) in [6, 6.07) is 4.20. The number of hydrogen-bond acceptors (Lipinski definition) is 7. The van der Waals surface area contributed by atoms with Gasteiger partial charge >= 0.3 is 16.3 Å². The van der Waals surface area contributed by atoms with E-state index in [0.717, 1.165) is 6.07 Å². The van der Waals surface area contributed by atoms with E-state index in [2.05, 4.69) is 5.32 Å². The Morgan fingerprint density at radius 3 is 2.35 bits per heavy atom. The number of carbonyl (C=O) groups is 3. The van der Waals surface area contributed by atoms with Crippen molar-refractivity contribution in [1.82, 2.24) is 10.2 Å². The van der Waals surface area contributed by atoms with Crippen molar-refractivity contribution in [2.45, 2.75) is 50.0 Å². The highest BCUT2D eigenvalue weighted by molar-refractivity contribution is 7.86. The lowest BCUT2D eigenvalue weighted by Crippen LogP contribution is -2.50. The Hall–Kier alpha value is -2.69. The average molecular weight is 456 g/mol. The molecule has 31 heavy (non-hydrogen) atoms. The fourth-order valence-electron chi connectivity index (χ4n) is 3.67. The first-order chi connectivity index (χ1) is 14.3. The highest BCUT2D eigenvalue weighted by atomic mass is 32.3. The maximum absolute atomic E-state index is 14.1. The number of rotatable bonds is 3. The van der Waals surface area contributed by atoms with Crippen molar-refractivity contribution in [2.24, 2.45) is 0 Å². The second-order valence-electron chi connectivity index (χ2n) is 8.62. The standard InChI is InChI=1S/C20H26FN3O6S/c1-20(2,3)30-19(27)24-10-8-23(9-11-24)15-6-4-13(12-16(15)31(21,28)29)14-5-7-17(25)22-18(14)26/h4,6,12,14H,5,7-11H2,1-3H3,(H,22,25,26). The molecule has 0 radical (unpaired) electrons. The van der Waals surface area contributed by atoms with Gasteiger partial charge < -0.3 is 14.5 Å². The predicted octanol–water partition coefficient (Wildman–Crippen LogP) is 1.92. The van der Waals surface area contributed by atoms with Crippen LogP contribution in [0.5, 0.6) is 0 Å². The maximum atomic E-state index is 14.1. The third-order valence-electron chi connectivity index (χ3n) is 5.16. The van der Waals surface area contributed by atoms with Crippen LogP contribution >= 0.6 is 0 Å². The molecule has 1 atom stereocenters. The van der Waals surface area contributed by atoms with E-state index in [1.54, 1.807) is 31.7 Å². The van der Waals surface area contributed by atoms with Crippen molar-refractivity contribution >= 4 is 33.8 Å². The van der Waals surface area contributed by atoms with E-state index in [4.69, 9.17) is 4.74 Å². The monoisotopic (exact) mass is 455 g/mol. The summed E-state index contributed by atoms with van der Waals surface area (Å²) in [7, 11) is -5.07. The van der Waals surface area contributed by atoms with Gasteiger partial charge in [0.05, 0.1) is 11.6 Å². The number of piperazine rings is 1. The summed E-state index contributed by atoms with van der Waals surface area (Å²) in [6.45, 7) is 6.46. The van der Waals surface area contributed by atoms with Gasteiger partial charge in [-0.15, -0.1) is 3.89 Å². The molecule has 0 bridgehead atoms. The van der Waals surface area contributed by atoms with E-state index >= 15 is 0 Å². The molecule has 1 aromatic carbocycles. The number of halogens is 1. The number of ether oxygens (including phenoxy) is 1. The van der Waals surface area contributed by atoms with Crippen LogP contribution in [0.25, 0.3) is 0 Å². The summed E-state index contributed by atoms with van der Waals surface area (Å²) < 4.78 is 43.2. The lowest BCUT2D eigenvalue weighted by Gasteiger charge is -2.37. The molecule has 3 rings (SSSR count). The van der Waals surface area contributed by atoms with Gasteiger partial charge in [0.2, 0.25) is 11.8 Å². The van der Waals surface area contributed by atoms with Crippen LogP contribution in [0.4, 0.5) is 14.4 Å². The van der Waals surface area contributed by atoms with Crippen LogP contribution < -0.4 is 10.2 Å². The van der Waals surface area contributed by atoms with Crippen LogP contribution in [0, 0.1) is 0 Å². The second-order valence-corrected chi connectivity index (χ2v) is 9.94. The number of nitrogens with one attached hydrogen (secondary N) is 1. The van der Waals surface area contributed by atoms with E-state index in [0.29, 0.717) is 18.7 Å². The summed E-state index contributed by atoms with van der Waals surface area (Å²) in [6.07, 6.45) is -0.106. The van der Waals surface area contributed by atoms with Gasteiger partial charge in [0.1, 0.15) is 10.5 Å². The average Bonchev–Trinajstić information content (AvgIpc) is 2.66. The van der Waals surface area contributed by atoms with Gasteiger partial charge in [-0.05, 0) is 44.9 Å². The minimum Gasteiger partial charge on any atom is -0.444 e. The van der Waals surface area contributed by atoms with Crippen LogP contribution in [-0.4, -0.2) is 63.0 Å². The molecular formula is C20H26FN3O6S. The number of carbonyl (C=O) groups excluding carboxylic acids is 3. The van der Waals surface area contributed by atoms with Crippen molar-refractivity contribution in [2.75, 3.05) is 31.1 Å². The van der Waals surface area contributed by atoms with Crippen LogP contribution in [0.3, 0.4) is 0 Å². The number of piperidine rings is 1. The SMILES string of the molecule is CC(C)(C)OC(=O)N1CCN(c2ccc(C3CCC(=O)NC3=O)cc2S(=O)(=O)F)CC1. The molecule has 9 nitrogen and oxygen atoms in total. The second kappa shape index (κ2) is 8.45. The van der Waals surface area contributed by atoms with E-state index in [9.17, 15) is 26.7 Å². The third-order valence-corrected chi connectivity index (χ3v) is 6.01. The Labute approximate surface area is 180 Å². The molecule has 2 aliphatic rings. The molecule has 0 spiro atoms. The molecule has 170 valence electrons. The maximum Gasteiger partial charge on any atom is 0.410 e. The first-order valence-corrected chi connectivity index (χ1v) is 11.4. The lowest BCUT2D eigenvalue weighted by molar-refractivity contribution is -0.134. The largest absolute Gasteiger partial charge is 0.444 e.